The Kier molecular flexibility index (Phi) is 4.94. The van der Waals surface area contributed by atoms with Crippen molar-refractivity contribution >= 4 is 9.84 Å². The molecule has 2 atom stereocenters. The minimum atomic E-state index is -3.26. The molecule has 1 fully saturated rings. The molecular weight excluding hydrogens is 286 g/mol. The van der Waals surface area contributed by atoms with Gasteiger partial charge in [-0.3, -0.25) is 0 Å². The van der Waals surface area contributed by atoms with Crippen molar-refractivity contribution in [3.05, 3.63) is 23.8 Å². The fourth-order valence-electron chi connectivity index (χ4n) is 2.83. The first kappa shape index (κ1) is 16.3. The summed E-state index contributed by atoms with van der Waals surface area (Å²) in [5.74, 6) is 1.18. The maximum Gasteiger partial charge on any atom is 0.179 e. The maximum absolute atomic E-state index is 11.7. The Labute approximate surface area is 127 Å². The number of nitrogens with one attached hydrogen (secondary N) is 1. The van der Waals surface area contributed by atoms with Crippen LogP contribution in [0, 0.1) is 5.92 Å². The number of methoxy groups -OCH3 is 1. The average molecular weight is 311 g/mol. The number of sulfone groups is 1. The van der Waals surface area contributed by atoms with Gasteiger partial charge < -0.3 is 10.1 Å². The molecule has 0 bridgehead atoms. The van der Waals surface area contributed by atoms with Crippen molar-refractivity contribution in [2.24, 2.45) is 5.92 Å². The first-order chi connectivity index (χ1) is 9.82. The monoisotopic (exact) mass is 311 g/mol. The van der Waals surface area contributed by atoms with Crippen LogP contribution in [0.4, 0.5) is 0 Å². The third-order valence-corrected chi connectivity index (χ3v) is 5.59. The highest BCUT2D eigenvalue weighted by molar-refractivity contribution is 7.90. The van der Waals surface area contributed by atoms with Crippen LogP contribution < -0.4 is 10.1 Å². The molecule has 1 N–H and O–H groups in total. The minimum Gasteiger partial charge on any atom is -0.495 e. The van der Waals surface area contributed by atoms with Crippen LogP contribution in [-0.2, 0) is 9.84 Å². The molecule has 1 aliphatic carbocycles. The lowest BCUT2D eigenvalue weighted by molar-refractivity contribution is 0.229. The normalized spacial score (nSPS) is 18.9. The van der Waals surface area contributed by atoms with E-state index in [4.69, 9.17) is 4.74 Å². The molecule has 1 saturated carbocycles. The first-order valence-corrected chi connectivity index (χ1v) is 9.36. The summed E-state index contributed by atoms with van der Waals surface area (Å²) in [6.07, 6.45) is 5.14. The second kappa shape index (κ2) is 6.36. The Hall–Kier alpha value is -1.07. The lowest BCUT2D eigenvalue weighted by atomic mass is 9.80. The number of hydrogen-bond acceptors (Lipinski definition) is 4. The molecule has 0 saturated heterocycles. The summed E-state index contributed by atoms with van der Waals surface area (Å²) in [4.78, 5) is 0.244. The quantitative estimate of drug-likeness (QED) is 0.877. The van der Waals surface area contributed by atoms with Crippen molar-refractivity contribution in [1.29, 1.82) is 0 Å². The molecule has 0 unspecified atom stereocenters. The molecule has 0 aromatic heterocycles. The van der Waals surface area contributed by atoms with E-state index < -0.39 is 9.84 Å². The first-order valence-electron chi connectivity index (χ1n) is 7.47. The van der Waals surface area contributed by atoms with Gasteiger partial charge in [0.25, 0.3) is 0 Å². The molecule has 5 heteroatoms. The van der Waals surface area contributed by atoms with Gasteiger partial charge >= 0.3 is 0 Å². The van der Waals surface area contributed by atoms with Crippen molar-refractivity contribution in [2.75, 3.05) is 13.4 Å². The number of hydrogen-bond donors (Lipinski definition) is 1. The Morgan fingerprint density at radius 3 is 2.43 bits per heavy atom. The van der Waals surface area contributed by atoms with Gasteiger partial charge in [0.05, 0.1) is 7.11 Å². The van der Waals surface area contributed by atoms with Crippen molar-refractivity contribution < 1.29 is 13.2 Å². The summed E-state index contributed by atoms with van der Waals surface area (Å²) in [6, 6.07) is 5.97. The van der Waals surface area contributed by atoms with Gasteiger partial charge in [-0.25, -0.2) is 8.42 Å². The molecule has 0 heterocycles. The largest absolute Gasteiger partial charge is 0.495 e. The van der Waals surface area contributed by atoms with E-state index in [1.165, 1.54) is 32.6 Å². The molecule has 0 aliphatic heterocycles. The van der Waals surface area contributed by atoms with E-state index in [0.29, 0.717) is 11.8 Å². The molecule has 21 heavy (non-hydrogen) atoms. The summed E-state index contributed by atoms with van der Waals surface area (Å²) in [5, 5.41) is 3.60. The highest BCUT2D eigenvalue weighted by Gasteiger charge is 2.25. The van der Waals surface area contributed by atoms with Crippen molar-refractivity contribution in [1.82, 2.24) is 5.32 Å². The second-order valence-electron chi connectivity index (χ2n) is 6.05. The van der Waals surface area contributed by atoms with Crippen molar-refractivity contribution in [3.8, 4) is 5.75 Å². The predicted molar refractivity (Wildman–Crippen MR) is 84.5 cm³/mol. The smallest absolute Gasteiger partial charge is 0.179 e. The molecule has 1 aromatic carbocycles. The summed E-state index contributed by atoms with van der Waals surface area (Å²) < 4.78 is 28.7. The SMILES string of the molecule is COc1cc([C@H](C)N[C@@H](C)C2CCC2)ccc1S(C)(=O)=O. The fourth-order valence-corrected chi connectivity index (χ4v) is 3.65. The van der Waals surface area contributed by atoms with E-state index in [2.05, 4.69) is 19.2 Å². The predicted octanol–water partition coefficient (Wildman–Crippen LogP) is 2.94. The Morgan fingerprint density at radius 2 is 1.95 bits per heavy atom. The van der Waals surface area contributed by atoms with E-state index in [0.717, 1.165) is 11.5 Å². The van der Waals surface area contributed by atoms with Gasteiger partial charge in [0.15, 0.2) is 9.84 Å². The molecule has 0 spiro atoms. The number of rotatable bonds is 6. The fraction of sp³-hybridized carbons (Fsp3) is 0.625. The van der Waals surface area contributed by atoms with Crippen LogP contribution in [0.25, 0.3) is 0 Å². The zero-order valence-electron chi connectivity index (χ0n) is 13.2. The highest BCUT2D eigenvalue weighted by atomic mass is 32.2. The van der Waals surface area contributed by atoms with Gasteiger partial charge in [0.1, 0.15) is 10.6 Å². The molecule has 118 valence electrons. The van der Waals surface area contributed by atoms with Crippen molar-refractivity contribution in [2.45, 2.75) is 50.1 Å². The van der Waals surface area contributed by atoms with Crippen LogP contribution in [0.15, 0.2) is 23.1 Å². The molecule has 0 amide bonds. The van der Waals surface area contributed by atoms with E-state index in [9.17, 15) is 8.42 Å². The van der Waals surface area contributed by atoms with Gasteiger partial charge in [-0.15, -0.1) is 0 Å². The Balaban J connectivity index is 2.16. The second-order valence-corrected chi connectivity index (χ2v) is 8.03. The topological polar surface area (TPSA) is 55.4 Å². The summed E-state index contributed by atoms with van der Waals surface area (Å²) in [5.41, 5.74) is 1.05. The average Bonchev–Trinajstić information content (AvgIpc) is 2.34. The zero-order valence-corrected chi connectivity index (χ0v) is 14.0. The Morgan fingerprint density at radius 1 is 1.29 bits per heavy atom. The molecule has 1 aliphatic rings. The van der Waals surface area contributed by atoms with Crippen LogP contribution in [0.5, 0.6) is 5.75 Å². The number of benzene rings is 1. The molecule has 2 rings (SSSR count). The van der Waals surface area contributed by atoms with Crippen LogP contribution in [0.1, 0.15) is 44.7 Å². The van der Waals surface area contributed by atoms with Crippen LogP contribution in [0.2, 0.25) is 0 Å². The van der Waals surface area contributed by atoms with Crippen molar-refractivity contribution in [3.63, 3.8) is 0 Å². The molecular formula is C16H25NO3S. The van der Waals surface area contributed by atoms with Gasteiger partial charge in [-0.2, -0.15) is 0 Å². The van der Waals surface area contributed by atoms with Crippen LogP contribution in [-0.4, -0.2) is 27.8 Å². The van der Waals surface area contributed by atoms with E-state index in [1.54, 1.807) is 6.07 Å². The maximum atomic E-state index is 11.7. The lowest BCUT2D eigenvalue weighted by Crippen LogP contribution is -2.38. The third kappa shape index (κ3) is 3.77. The summed E-state index contributed by atoms with van der Waals surface area (Å²) in [6.45, 7) is 4.33. The highest BCUT2D eigenvalue weighted by Crippen LogP contribution is 2.32. The third-order valence-electron chi connectivity index (χ3n) is 4.46. The standard InChI is InChI=1S/C16H25NO3S/c1-11(13-6-5-7-13)17-12(2)14-8-9-16(21(4,18)19)15(10-14)20-3/h8-13,17H,5-7H2,1-4H3/t11-,12-/m0/s1. The minimum absolute atomic E-state index is 0.170. The van der Waals surface area contributed by atoms with Gasteiger partial charge in [0.2, 0.25) is 0 Å². The van der Waals surface area contributed by atoms with Crippen LogP contribution >= 0.6 is 0 Å². The lowest BCUT2D eigenvalue weighted by Gasteiger charge is -2.34. The van der Waals surface area contributed by atoms with Crippen LogP contribution in [0.3, 0.4) is 0 Å². The zero-order chi connectivity index (χ0) is 15.6. The van der Waals surface area contributed by atoms with E-state index in [1.807, 2.05) is 12.1 Å². The van der Waals surface area contributed by atoms with E-state index in [-0.39, 0.29) is 10.9 Å². The molecule has 1 aromatic rings. The summed E-state index contributed by atoms with van der Waals surface area (Å²) in [7, 11) is -1.76. The molecule has 0 radical (unpaired) electrons. The van der Waals surface area contributed by atoms with E-state index >= 15 is 0 Å². The van der Waals surface area contributed by atoms with Gasteiger partial charge in [0, 0.05) is 18.3 Å². The molecule has 4 nitrogen and oxygen atoms in total. The van der Waals surface area contributed by atoms with Gasteiger partial charge in [-0.1, -0.05) is 12.5 Å². The van der Waals surface area contributed by atoms with Gasteiger partial charge in [-0.05, 0) is 50.3 Å². The number of ether oxygens (including phenoxy) is 1. The Bertz CT molecular complexity index is 594. The summed E-state index contributed by atoms with van der Waals surface area (Å²) >= 11 is 0.